The van der Waals surface area contributed by atoms with Crippen molar-refractivity contribution >= 4 is 44.6 Å². The summed E-state index contributed by atoms with van der Waals surface area (Å²) in [4.78, 5) is 0. The van der Waals surface area contributed by atoms with Gasteiger partial charge in [-0.25, -0.2) is 0 Å². The van der Waals surface area contributed by atoms with E-state index in [1.807, 2.05) is 6.08 Å². The minimum atomic E-state index is 0.505. The maximum Gasteiger partial charge on any atom is 0.129 e. The van der Waals surface area contributed by atoms with Crippen LogP contribution in [-0.2, 0) is 12.8 Å². The summed E-state index contributed by atoms with van der Waals surface area (Å²) in [5, 5.41) is 12.9. The zero-order valence-corrected chi connectivity index (χ0v) is 33.2. The molecule has 6 aromatic carbocycles. The third-order valence-electron chi connectivity index (χ3n) is 12.0. The Labute approximate surface area is 330 Å². The van der Waals surface area contributed by atoms with E-state index in [2.05, 4.69) is 177 Å². The molecule has 3 nitrogen and oxygen atoms in total. The maximum atomic E-state index is 9.08. The van der Waals surface area contributed by atoms with Crippen molar-refractivity contribution in [3.63, 3.8) is 0 Å². The Bertz CT molecular complexity index is 2910. The zero-order chi connectivity index (χ0) is 38.5. The highest BCUT2D eigenvalue weighted by Crippen LogP contribution is 2.43. The molecule has 8 aromatic rings. The van der Waals surface area contributed by atoms with Crippen LogP contribution < -0.4 is 0 Å². The number of aromatic nitrogens is 2. The molecular formula is C53H49N3. The van der Waals surface area contributed by atoms with Gasteiger partial charge in [0.25, 0.3) is 0 Å². The lowest BCUT2D eigenvalue weighted by Gasteiger charge is -2.16. The second-order valence-electron chi connectivity index (χ2n) is 15.5. The molecule has 3 heteroatoms. The van der Waals surface area contributed by atoms with E-state index in [1.165, 1.54) is 94.3 Å². The van der Waals surface area contributed by atoms with Crippen molar-refractivity contribution in [1.29, 1.82) is 5.41 Å². The van der Waals surface area contributed by atoms with Crippen molar-refractivity contribution in [2.24, 2.45) is 0 Å². The lowest BCUT2D eigenvalue weighted by atomic mass is 9.88. The number of nitrogens with zero attached hydrogens (tertiary/aromatic N) is 2. The fourth-order valence-corrected chi connectivity index (χ4v) is 9.33. The second-order valence-corrected chi connectivity index (χ2v) is 15.5. The van der Waals surface area contributed by atoms with E-state index in [-0.39, 0.29) is 0 Å². The van der Waals surface area contributed by atoms with Crippen LogP contribution in [0.4, 0.5) is 0 Å². The van der Waals surface area contributed by atoms with Crippen molar-refractivity contribution in [2.45, 2.75) is 66.7 Å². The molecule has 2 heterocycles. The van der Waals surface area contributed by atoms with Crippen LogP contribution in [0.2, 0.25) is 0 Å². The highest BCUT2D eigenvalue weighted by molar-refractivity contribution is 6.18. The molecule has 0 spiro atoms. The highest BCUT2D eigenvalue weighted by Gasteiger charge is 2.24. The first-order valence-electron chi connectivity index (χ1n) is 20.3. The number of benzene rings is 6. The van der Waals surface area contributed by atoms with Gasteiger partial charge in [0, 0.05) is 27.5 Å². The molecule has 56 heavy (non-hydrogen) atoms. The van der Waals surface area contributed by atoms with Gasteiger partial charge in [0.05, 0.1) is 16.6 Å². The first-order valence-corrected chi connectivity index (χ1v) is 20.3. The molecule has 0 atom stereocenters. The number of hydrogen-bond acceptors (Lipinski definition) is 1. The monoisotopic (exact) mass is 727 g/mol. The second kappa shape index (κ2) is 14.5. The van der Waals surface area contributed by atoms with Crippen LogP contribution in [0.1, 0.15) is 66.6 Å². The van der Waals surface area contributed by atoms with Crippen molar-refractivity contribution in [3.05, 3.63) is 167 Å². The van der Waals surface area contributed by atoms with Gasteiger partial charge in [-0.15, -0.1) is 0 Å². The Morgan fingerprint density at radius 2 is 1.45 bits per heavy atom. The summed E-state index contributed by atoms with van der Waals surface area (Å²) < 4.78 is 4.63. The molecule has 1 aliphatic carbocycles. The van der Waals surface area contributed by atoms with Crippen LogP contribution in [-0.4, -0.2) is 15.0 Å². The molecule has 0 bridgehead atoms. The molecule has 0 aliphatic heterocycles. The fraction of sp³-hybridized carbons (Fsp3) is 0.189. The molecule has 0 saturated carbocycles. The van der Waals surface area contributed by atoms with Crippen molar-refractivity contribution < 1.29 is 0 Å². The Morgan fingerprint density at radius 3 is 2.29 bits per heavy atom. The highest BCUT2D eigenvalue weighted by atomic mass is 15.0. The summed E-state index contributed by atoms with van der Waals surface area (Å²) in [6.45, 7) is 11.1. The number of para-hydroxylation sites is 1. The van der Waals surface area contributed by atoms with E-state index in [0.717, 1.165) is 43.1 Å². The Morgan fingerprint density at radius 1 is 0.679 bits per heavy atom. The van der Waals surface area contributed by atoms with Crippen LogP contribution in [0, 0.1) is 26.2 Å². The van der Waals surface area contributed by atoms with E-state index in [9.17, 15) is 0 Å². The van der Waals surface area contributed by atoms with Crippen LogP contribution in [0.3, 0.4) is 0 Å². The third-order valence-corrected chi connectivity index (χ3v) is 12.0. The minimum Gasteiger partial charge on any atom is -0.310 e. The average Bonchev–Trinajstić information content (AvgIpc) is 3.75. The van der Waals surface area contributed by atoms with Crippen molar-refractivity contribution in [3.8, 4) is 39.1 Å². The summed E-state index contributed by atoms with van der Waals surface area (Å²) in [6.07, 6.45) is 13.7. The number of hydrogen-bond donors (Lipinski definition) is 1. The molecule has 0 radical (unpaired) electrons. The number of nitrogens with one attached hydrogen (secondary N) is 1. The number of fused-ring (bicyclic) bond motifs is 6. The Hall–Kier alpha value is -6.19. The SMILES string of the molecule is CC/C=C\C(=N)n1c2ccccc2c2c(CCC)c(-c3ccc4c(c3C)c3c(n4-c4cccc(-c5ccc(C)c(-c6ccccc6C)c5)c4)C=CCC3)ccc21. The summed E-state index contributed by atoms with van der Waals surface area (Å²) in [5.41, 5.74) is 20.3. The van der Waals surface area contributed by atoms with Gasteiger partial charge in [-0.1, -0.05) is 111 Å². The predicted octanol–water partition coefficient (Wildman–Crippen LogP) is 14.4. The van der Waals surface area contributed by atoms with Gasteiger partial charge < -0.3 is 4.57 Å². The molecule has 1 aliphatic rings. The van der Waals surface area contributed by atoms with E-state index in [4.69, 9.17) is 5.41 Å². The molecule has 2 aromatic heterocycles. The lowest BCUT2D eigenvalue weighted by molar-refractivity contribution is 0.931. The van der Waals surface area contributed by atoms with Crippen molar-refractivity contribution in [2.75, 3.05) is 0 Å². The van der Waals surface area contributed by atoms with Crippen LogP contribution in [0.5, 0.6) is 0 Å². The number of aryl methyl sites for hydroxylation is 5. The molecule has 0 amide bonds. The summed E-state index contributed by atoms with van der Waals surface area (Å²) in [5.74, 6) is 0.505. The van der Waals surface area contributed by atoms with E-state index < -0.39 is 0 Å². The lowest BCUT2D eigenvalue weighted by Crippen LogP contribution is -2.07. The molecule has 0 fully saturated rings. The van der Waals surface area contributed by atoms with Gasteiger partial charge >= 0.3 is 0 Å². The predicted molar refractivity (Wildman–Crippen MR) is 241 cm³/mol. The Kier molecular flexibility index (Phi) is 9.17. The largest absolute Gasteiger partial charge is 0.310 e. The van der Waals surface area contributed by atoms with Crippen LogP contribution in [0.25, 0.3) is 77.9 Å². The van der Waals surface area contributed by atoms with Crippen LogP contribution >= 0.6 is 0 Å². The van der Waals surface area contributed by atoms with Gasteiger partial charge in [0.15, 0.2) is 0 Å². The smallest absolute Gasteiger partial charge is 0.129 e. The van der Waals surface area contributed by atoms with Gasteiger partial charge in [-0.05, 0) is 156 Å². The minimum absolute atomic E-state index is 0.505. The quantitative estimate of drug-likeness (QED) is 0.119. The standard InChI is InChI=1S/C53H49N3/c1-6-8-25-51(54)56-48-24-14-12-22-45(48)53-43(16-7-2)42(29-31-50(53)56)41-28-30-49-52(36(41)5)44-21-11-13-23-47(44)55(49)39-19-15-18-37(32-39)38-27-26-35(4)46(33-38)40-20-10-9-17-34(40)3/h8-10,12-15,17-20,22-33,54H,6-7,11,16,21H2,1-5H3/b25-8-,54-51?. The van der Waals surface area contributed by atoms with Gasteiger partial charge in [0.1, 0.15) is 5.84 Å². The summed E-state index contributed by atoms with van der Waals surface area (Å²) in [6, 6.07) is 42.6. The topological polar surface area (TPSA) is 33.7 Å². The van der Waals surface area contributed by atoms with Crippen LogP contribution in [0.15, 0.2) is 133 Å². The molecule has 276 valence electrons. The first-order chi connectivity index (χ1) is 27.4. The number of rotatable bonds is 8. The summed E-state index contributed by atoms with van der Waals surface area (Å²) >= 11 is 0. The molecular weight excluding hydrogens is 679 g/mol. The van der Waals surface area contributed by atoms with Gasteiger partial charge in [0.2, 0.25) is 0 Å². The molecule has 0 saturated heterocycles. The zero-order valence-electron chi connectivity index (χ0n) is 33.2. The normalized spacial score (nSPS) is 12.7. The van der Waals surface area contributed by atoms with Crippen molar-refractivity contribution in [1.82, 2.24) is 9.13 Å². The molecule has 1 N–H and O–H groups in total. The fourth-order valence-electron chi connectivity index (χ4n) is 9.33. The summed E-state index contributed by atoms with van der Waals surface area (Å²) in [7, 11) is 0. The Balaban J connectivity index is 1.22. The van der Waals surface area contributed by atoms with E-state index >= 15 is 0 Å². The van der Waals surface area contributed by atoms with E-state index in [0.29, 0.717) is 5.84 Å². The van der Waals surface area contributed by atoms with Gasteiger partial charge in [-0.3, -0.25) is 9.98 Å². The van der Waals surface area contributed by atoms with Gasteiger partial charge in [-0.2, -0.15) is 0 Å². The maximum absolute atomic E-state index is 9.08. The first kappa shape index (κ1) is 35.5. The average molecular weight is 728 g/mol. The van der Waals surface area contributed by atoms with E-state index in [1.54, 1.807) is 0 Å². The molecule has 0 unspecified atom stereocenters. The number of allylic oxidation sites excluding steroid dienone is 3. The third kappa shape index (κ3) is 5.76. The molecule has 9 rings (SSSR count).